The van der Waals surface area contributed by atoms with Crippen molar-refractivity contribution < 1.29 is 14.7 Å². The number of hydrogen-bond donors (Lipinski definition) is 2. The lowest BCUT2D eigenvalue weighted by atomic mass is 10.3. The second-order valence-electron chi connectivity index (χ2n) is 2.67. The van der Waals surface area contributed by atoms with Gasteiger partial charge < -0.3 is 10.4 Å². The van der Waals surface area contributed by atoms with E-state index in [1.54, 1.807) is 11.4 Å². The highest BCUT2D eigenvalue weighted by Gasteiger charge is 2.15. The topological polar surface area (TPSA) is 66.4 Å². The molecule has 1 aromatic rings. The van der Waals surface area contributed by atoms with E-state index in [0.717, 1.165) is 2.88 Å². The van der Waals surface area contributed by atoms with Crippen molar-refractivity contribution in [1.82, 2.24) is 5.32 Å². The van der Waals surface area contributed by atoms with E-state index in [1.165, 1.54) is 18.3 Å². The summed E-state index contributed by atoms with van der Waals surface area (Å²) in [6.45, 7) is 1.43. The second-order valence-corrected chi connectivity index (χ2v) is 5.48. The molecule has 2 N–H and O–H groups in total. The molecule has 0 saturated heterocycles. The molecule has 6 heteroatoms. The molecule has 0 radical (unpaired) electrons. The van der Waals surface area contributed by atoms with Gasteiger partial charge in [0.25, 0.3) is 5.91 Å². The molecule has 1 aromatic heterocycles. The van der Waals surface area contributed by atoms with Crippen LogP contribution in [-0.4, -0.2) is 23.0 Å². The smallest absolute Gasteiger partial charge is 0.325 e. The zero-order valence-electron chi connectivity index (χ0n) is 7.28. The summed E-state index contributed by atoms with van der Waals surface area (Å²) in [5.74, 6) is -1.39. The van der Waals surface area contributed by atoms with E-state index in [4.69, 9.17) is 5.11 Å². The molecule has 4 nitrogen and oxygen atoms in total. The molecule has 1 heterocycles. The van der Waals surface area contributed by atoms with Crippen molar-refractivity contribution in [1.29, 1.82) is 0 Å². The number of rotatable bonds is 3. The number of thiophene rings is 1. The summed E-state index contributed by atoms with van der Waals surface area (Å²) in [7, 11) is 0. The lowest BCUT2D eigenvalue weighted by molar-refractivity contribution is -0.138. The van der Waals surface area contributed by atoms with Crippen molar-refractivity contribution in [2.24, 2.45) is 0 Å². The Morgan fingerprint density at radius 2 is 2.29 bits per heavy atom. The fourth-order valence-electron chi connectivity index (χ4n) is 0.771. The molecule has 76 valence electrons. The van der Waals surface area contributed by atoms with Crippen molar-refractivity contribution in [2.45, 2.75) is 13.0 Å². The third-order valence-electron chi connectivity index (χ3n) is 1.55. The predicted molar refractivity (Wildman–Crippen MR) is 61.6 cm³/mol. The Morgan fingerprint density at radius 3 is 2.71 bits per heavy atom. The molecule has 1 rings (SSSR count). The number of carbonyl (C=O) groups is 2. The largest absolute Gasteiger partial charge is 0.480 e. The Kier molecular flexibility index (Phi) is 3.87. The van der Waals surface area contributed by atoms with E-state index in [9.17, 15) is 9.59 Å². The molecular weight excluding hydrogens is 317 g/mol. The van der Waals surface area contributed by atoms with E-state index in [2.05, 4.69) is 27.9 Å². The van der Waals surface area contributed by atoms with Crippen molar-refractivity contribution in [3.8, 4) is 0 Å². The molecule has 0 aromatic carbocycles. The van der Waals surface area contributed by atoms with Gasteiger partial charge in [-0.3, -0.25) is 9.59 Å². The van der Waals surface area contributed by atoms with Crippen LogP contribution in [0.1, 0.15) is 17.3 Å². The van der Waals surface area contributed by atoms with Crippen molar-refractivity contribution in [3.63, 3.8) is 0 Å². The summed E-state index contributed by atoms with van der Waals surface area (Å²) >= 11 is 3.55. The number of carboxylic acids is 1. The zero-order chi connectivity index (χ0) is 10.7. The molecule has 1 amide bonds. The van der Waals surface area contributed by atoms with Crippen LogP contribution in [0.15, 0.2) is 11.4 Å². The summed E-state index contributed by atoms with van der Waals surface area (Å²) < 4.78 is 0.996. The quantitative estimate of drug-likeness (QED) is 0.829. The van der Waals surface area contributed by atoms with Crippen molar-refractivity contribution >= 4 is 45.8 Å². The minimum absolute atomic E-state index is 0.348. The van der Waals surface area contributed by atoms with Crippen molar-refractivity contribution in [2.75, 3.05) is 0 Å². The minimum atomic E-state index is -1.04. The van der Waals surface area contributed by atoms with Gasteiger partial charge in [0.1, 0.15) is 6.04 Å². The summed E-state index contributed by atoms with van der Waals surface area (Å²) in [5, 5.41) is 12.6. The Balaban J connectivity index is 2.63. The van der Waals surface area contributed by atoms with Crippen LogP contribution in [0, 0.1) is 2.88 Å². The highest BCUT2D eigenvalue weighted by Crippen LogP contribution is 2.16. The standard InChI is InChI=1S/C8H8INO3S/c1-4(8(12)13)10-7(11)5-2-6(9)14-3-5/h2-4H,1H3,(H,10,11)(H,12,13). The molecule has 0 aliphatic carbocycles. The summed E-state index contributed by atoms with van der Waals surface area (Å²) in [4.78, 5) is 21.9. The fraction of sp³-hybridized carbons (Fsp3) is 0.250. The maximum Gasteiger partial charge on any atom is 0.325 e. The molecule has 0 spiro atoms. The van der Waals surface area contributed by atoms with Crippen LogP contribution in [0.25, 0.3) is 0 Å². The summed E-state index contributed by atoms with van der Waals surface area (Å²) in [5.41, 5.74) is 0.507. The number of aliphatic carboxylic acids is 1. The Labute approximate surface area is 98.5 Å². The number of carboxylic acid groups (broad SMARTS) is 1. The second kappa shape index (κ2) is 4.74. The van der Waals surface area contributed by atoms with Crippen LogP contribution in [-0.2, 0) is 4.79 Å². The molecule has 1 unspecified atom stereocenters. The molecular formula is C8H8INO3S. The van der Waals surface area contributed by atoms with Crippen LogP contribution in [0.4, 0.5) is 0 Å². The van der Waals surface area contributed by atoms with E-state index in [0.29, 0.717) is 5.56 Å². The van der Waals surface area contributed by atoms with Crippen LogP contribution in [0.3, 0.4) is 0 Å². The van der Waals surface area contributed by atoms with Crippen LogP contribution < -0.4 is 5.32 Å². The van der Waals surface area contributed by atoms with Gasteiger partial charge in [0, 0.05) is 5.38 Å². The van der Waals surface area contributed by atoms with Gasteiger partial charge in [-0.05, 0) is 35.6 Å². The Bertz CT molecular complexity index is 363. The number of hydrogen-bond acceptors (Lipinski definition) is 3. The van der Waals surface area contributed by atoms with Crippen LogP contribution in [0.2, 0.25) is 0 Å². The monoisotopic (exact) mass is 325 g/mol. The third kappa shape index (κ3) is 2.95. The molecule has 0 aliphatic heterocycles. The Morgan fingerprint density at radius 1 is 1.64 bits per heavy atom. The molecule has 14 heavy (non-hydrogen) atoms. The van der Waals surface area contributed by atoms with Gasteiger partial charge in [-0.25, -0.2) is 0 Å². The van der Waals surface area contributed by atoms with E-state index >= 15 is 0 Å². The first-order chi connectivity index (χ1) is 6.50. The van der Waals surface area contributed by atoms with Gasteiger partial charge in [0.15, 0.2) is 0 Å². The van der Waals surface area contributed by atoms with E-state index in [1.807, 2.05) is 0 Å². The molecule has 0 fully saturated rings. The highest BCUT2D eigenvalue weighted by atomic mass is 127. The minimum Gasteiger partial charge on any atom is -0.480 e. The number of halogens is 1. The van der Waals surface area contributed by atoms with Crippen LogP contribution >= 0.6 is 33.9 Å². The maximum absolute atomic E-state index is 11.4. The molecule has 1 atom stereocenters. The van der Waals surface area contributed by atoms with Gasteiger partial charge in [0.05, 0.1) is 8.45 Å². The zero-order valence-corrected chi connectivity index (χ0v) is 10.3. The first-order valence-electron chi connectivity index (χ1n) is 3.78. The normalized spacial score (nSPS) is 12.1. The molecule has 0 saturated carbocycles. The first kappa shape index (κ1) is 11.4. The van der Waals surface area contributed by atoms with E-state index in [-0.39, 0.29) is 5.91 Å². The summed E-state index contributed by atoms with van der Waals surface area (Å²) in [6, 6.07) is 0.856. The number of amides is 1. The van der Waals surface area contributed by atoms with Crippen LogP contribution in [0.5, 0.6) is 0 Å². The number of nitrogens with one attached hydrogen (secondary N) is 1. The average molecular weight is 325 g/mol. The van der Waals surface area contributed by atoms with E-state index < -0.39 is 12.0 Å². The van der Waals surface area contributed by atoms with Gasteiger partial charge in [-0.15, -0.1) is 11.3 Å². The van der Waals surface area contributed by atoms with Gasteiger partial charge in [0.2, 0.25) is 0 Å². The highest BCUT2D eigenvalue weighted by molar-refractivity contribution is 14.1. The molecule has 0 aliphatic rings. The SMILES string of the molecule is CC(NC(=O)c1csc(I)c1)C(=O)O. The lowest BCUT2D eigenvalue weighted by Crippen LogP contribution is -2.38. The van der Waals surface area contributed by atoms with Crippen molar-refractivity contribution in [3.05, 3.63) is 19.9 Å². The van der Waals surface area contributed by atoms with Gasteiger partial charge in [-0.1, -0.05) is 0 Å². The number of carbonyl (C=O) groups excluding carboxylic acids is 1. The Hall–Kier alpha value is -0.630. The molecule has 0 bridgehead atoms. The predicted octanol–water partition coefficient (Wildman–Crippen LogP) is 1.56. The fourth-order valence-corrected chi connectivity index (χ4v) is 2.10. The lowest BCUT2D eigenvalue weighted by Gasteiger charge is -2.07. The van der Waals surface area contributed by atoms with Gasteiger partial charge >= 0.3 is 5.97 Å². The third-order valence-corrected chi connectivity index (χ3v) is 3.34. The maximum atomic E-state index is 11.4. The van der Waals surface area contributed by atoms with Gasteiger partial charge in [-0.2, -0.15) is 0 Å². The average Bonchev–Trinajstić information content (AvgIpc) is 2.51. The summed E-state index contributed by atoms with van der Waals surface area (Å²) in [6.07, 6.45) is 0. The first-order valence-corrected chi connectivity index (χ1v) is 5.74.